The third-order valence-electron chi connectivity index (χ3n) is 8.22. The van der Waals surface area contributed by atoms with Crippen molar-refractivity contribution < 1.29 is 53.7 Å². The highest BCUT2D eigenvalue weighted by Crippen LogP contribution is 2.26. The van der Waals surface area contributed by atoms with Crippen LogP contribution in [0.4, 0.5) is 0 Å². The fourth-order valence-corrected chi connectivity index (χ4v) is 5.73. The third kappa shape index (κ3) is 11.4. The van der Waals surface area contributed by atoms with Crippen molar-refractivity contribution in [1.82, 2.24) is 31.1 Å². The summed E-state index contributed by atoms with van der Waals surface area (Å²) < 4.78 is 0. The first-order valence-electron chi connectivity index (χ1n) is 16.0. The molecule has 2 aliphatic heterocycles. The van der Waals surface area contributed by atoms with E-state index in [4.69, 9.17) is 16.6 Å². The zero-order valence-corrected chi connectivity index (χ0v) is 27.0. The lowest BCUT2D eigenvalue weighted by Gasteiger charge is -2.33. The maximum atomic E-state index is 13.7. The lowest BCUT2D eigenvalue weighted by Crippen LogP contribution is -2.60. The molecule has 0 bridgehead atoms. The van der Waals surface area contributed by atoms with E-state index in [2.05, 4.69) is 21.3 Å². The molecular weight excluding hydrogens is 636 g/mol. The molecule has 0 aromatic rings. The Balaban J connectivity index is 2.10. The Morgan fingerprint density at radius 2 is 1.33 bits per heavy atom. The number of amides is 7. The van der Waals surface area contributed by atoms with Crippen LogP contribution >= 0.6 is 0 Å². The Labute approximate surface area is 277 Å². The predicted molar refractivity (Wildman–Crippen MR) is 166 cm³/mol. The first-order valence-corrected chi connectivity index (χ1v) is 16.0. The van der Waals surface area contributed by atoms with Gasteiger partial charge in [-0.1, -0.05) is 0 Å². The lowest BCUT2D eigenvalue weighted by atomic mass is 10.1. The van der Waals surface area contributed by atoms with Gasteiger partial charge < -0.3 is 57.9 Å². The van der Waals surface area contributed by atoms with Gasteiger partial charge in [-0.05, 0) is 57.9 Å². The minimum atomic E-state index is -1.55. The van der Waals surface area contributed by atoms with Crippen LogP contribution in [0.1, 0.15) is 64.7 Å². The summed E-state index contributed by atoms with van der Waals surface area (Å²) in [4.78, 5) is 103. The second-order valence-electron chi connectivity index (χ2n) is 11.8. The number of carbonyl (C=O) groups excluding carboxylic acids is 7. The number of aliphatic hydroxyl groups excluding tert-OH is 2. The van der Waals surface area contributed by atoms with Crippen molar-refractivity contribution in [3.05, 3.63) is 0 Å². The molecule has 2 fully saturated rings. The molecular formula is C29H48N8O11. The summed E-state index contributed by atoms with van der Waals surface area (Å²) in [6, 6.07) is -7.38. The van der Waals surface area contributed by atoms with Crippen molar-refractivity contribution in [2.75, 3.05) is 32.8 Å². The van der Waals surface area contributed by atoms with E-state index < -0.39 is 103 Å². The lowest BCUT2D eigenvalue weighted by molar-refractivity contribution is -0.148. The number of likely N-dealkylation sites (tertiary alicyclic amines) is 2. The summed E-state index contributed by atoms with van der Waals surface area (Å²) in [5.41, 5.74) is 10.8. The number of nitrogens with one attached hydrogen (secondary N) is 4. The van der Waals surface area contributed by atoms with Crippen molar-refractivity contribution in [2.24, 2.45) is 11.5 Å². The molecule has 19 nitrogen and oxygen atoms in total. The monoisotopic (exact) mass is 684 g/mol. The summed E-state index contributed by atoms with van der Waals surface area (Å²) >= 11 is 0. The van der Waals surface area contributed by atoms with Gasteiger partial charge in [0.15, 0.2) is 0 Å². The molecule has 2 rings (SSSR count). The van der Waals surface area contributed by atoms with E-state index in [-0.39, 0.29) is 38.8 Å². The Kier molecular flexibility index (Phi) is 16.1. The van der Waals surface area contributed by atoms with Crippen LogP contribution in [0.2, 0.25) is 0 Å². The van der Waals surface area contributed by atoms with Gasteiger partial charge in [0.2, 0.25) is 41.4 Å². The smallest absolute Gasteiger partial charge is 0.303 e. The van der Waals surface area contributed by atoms with Crippen LogP contribution < -0.4 is 32.7 Å². The standard InChI is InChI=1S/C29H48N8O11/c1-16(40)32-18(6-2-3-11-30)25(44)34-19(14-38)26(45)35-20(15-39)28(47)37-13-5-8-22(37)29(48)36-12-4-7-21(36)27(46)33-17(24(31)43)9-10-23(41)42/h17-22,38-39H,2-15,30H2,1H3,(H2,31,43)(H,32,40)(H,33,46)(H,34,44)(H,35,45)(H,41,42)/t17-,18-,19-,20-,21-,22-/m0/s1. The van der Waals surface area contributed by atoms with Gasteiger partial charge in [0.25, 0.3) is 0 Å². The van der Waals surface area contributed by atoms with E-state index in [0.717, 1.165) is 0 Å². The van der Waals surface area contributed by atoms with Crippen molar-refractivity contribution >= 4 is 47.3 Å². The van der Waals surface area contributed by atoms with E-state index in [9.17, 15) is 48.6 Å². The van der Waals surface area contributed by atoms with Crippen LogP contribution in [-0.4, -0.2) is 142 Å². The maximum Gasteiger partial charge on any atom is 0.303 e. The van der Waals surface area contributed by atoms with Gasteiger partial charge in [-0.25, -0.2) is 0 Å². The average Bonchev–Trinajstić information content (AvgIpc) is 3.73. The van der Waals surface area contributed by atoms with Gasteiger partial charge in [-0.3, -0.25) is 38.4 Å². The third-order valence-corrected chi connectivity index (χ3v) is 8.22. The highest BCUT2D eigenvalue weighted by molar-refractivity contribution is 5.97. The molecule has 0 aliphatic carbocycles. The number of carbonyl (C=O) groups is 8. The molecule has 270 valence electrons. The summed E-state index contributed by atoms with van der Waals surface area (Å²) in [6.07, 6.45) is 2.00. The molecule has 2 heterocycles. The molecule has 0 radical (unpaired) electrons. The van der Waals surface area contributed by atoms with E-state index in [1.54, 1.807) is 0 Å². The normalized spacial score (nSPS) is 19.8. The SMILES string of the molecule is CC(=O)N[C@@H](CCCCN)C(=O)N[C@@H](CO)C(=O)N[C@@H](CO)C(=O)N1CCC[C@H]1C(=O)N1CCC[C@H]1C(=O)N[C@@H](CCC(=O)O)C(N)=O. The number of hydrogen-bond acceptors (Lipinski definition) is 11. The second-order valence-corrected chi connectivity index (χ2v) is 11.8. The van der Waals surface area contributed by atoms with Gasteiger partial charge in [0.05, 0.1) is 13.2 Å². The van der Waals surface area contributed by atoms with E-state index in [1.807, 2.05) is 0 Å². The molecule has 0 unspecified atom stereocenters. The number of hydrogen-bond donors (Lipinski definition) is 9. The fourth-order valence-electron chi connectivity index (χ4n) is 5.73. The molecule has 0 aromatic carbocycles. The molecule has 0 saturated carbocycles. The van der Waals surface area contributed by atoms with Crippen molar-refractivity contribution in [3.63, 3.8) is 0 Å². The van der Waals surface area contributed by atoms with Crippen LogP contribution in [0.25, 0.3) is 0 Å². The molecule has 0 spiro atoms. The Bertz CT molecular complexity index is 1200. The molecule has 2 aliphatic rings. The van der Waals surface area contributed by atoms with E-state index >= 15 is 0 Å². The van der Waals surface area contributed by atoms with Crippen molar-refractivity contribution in [1.29, 1.82) is 0 Å². The molecule has 2 saturated heterocycles. The van der Waals surface area contributed by atoms with Crippen LogP contribution in [0.15, 0.2) is 0 Å². The number of nitrogens with zero attached hydrogens (tertiary/aromatic N) is 2. The molecule has 7 amide bonds. The number of rotatable bonds is 19. The number of unbranched alkanes of at least 4 members (excludes halogenated alkanes) is 1. The molecule has 11 N–H and O–H groups in total. The first kappa shape index (κ1) is 39.8. The Morgan fingerprint density at radius 3 is 1.90 bits per heavy atom. The minimum absolute atomic E-state index is 0.104. The topological polar surface area (TPSA) is 304 Å². The van der Waals surface area contributed by atoms with Gasteiger partial charge >= 0.3 is 5.97 Å². The van der Waals surface area contributed by atoms with Crippen LogP contribution in [-0.2, 0) is 38.4 Å². The largest absolute Gasteiger partial charge is 0.481 e. The summed E-state index contributed by atoms with van der Waals surface area (Å²) in [5, 5.41) is 38.3. The van der Waals surface area contributed by atoms with E-state index in [1.165, 1.54) is 16.7 Å². The zero-order valence-electron chi connectivity index (χ0n) is 27.0. The summed E-state index contributed by atoms with van der Waals surface area (Å²) in [5.74, 6) is -6.38. The fraction of sp³-hybridized carbons (Fsp3) is 0.724. The Hall–Kier alpha value is -4.36. The highest BCUT2D eigenvalue weighted by Gasteiger charge is 2.44. The Morgan fingerprint density at radius 1 is 0.750 bits per heavy atom. The predicted octanol–water partition coefficient (Wildman–Crippen LogP) is -4.61. The number of nitrogens with two attached hydrogens (primary N) is 2. The van der Waals surface area contributed by atoms with Crippen molar-refractivity contribution in [2.45, 2.75) is 101 Å². The van der Waals surface area contributed by atoms with Gasteiger partial charge in [0, 0.05) is 26.4 Å². The summed E-state index contributed by atoms with van der Waals surface area (Å²) in [6.45, 7) is 0.132. The number of primary amides is 1. The highest BCUT2D eigenvalue weighted by atomic mass is 16.4. The minimum Gasteiger partial charge on any atom is -0.481 e. The molecule has 48 heavy (non-hydrogen) atoms. The number of aliphatic hydroxyl groups is 2. The number of aliphatic carboxylic acids is 1. The van der Waals surface area contributed by atoms with Crippen molar-refractivity contribution in [3.8, 4) is 0 Å². The quantitative estimate of drug-likeness (QED) is 0.0581. The zero-order chi connectivity index (χ0) is 36.0. The van der Waals surface area contributed by atoms with Gasteiger partial charge in [0.1, 0.15) is 36.3 Å². The second kappa shape index (κ2) is 19.5. The number of carboxylic acids is 1. The molecule has 19 heteroatoms. The molecule has 6 atom stereocenters. The van der Waals surface area contributed by atoms with Crippen LogP contribution in [0.5, 0.6) is 0 Å². The first-order chi connectivity index (χ1) is 22.7. The van der Waals surface area contributed by atoms with E-state index in [0.29, 0.717) is 32.2 Å². The summed E-state index contributed by atoms with van der Waals surface area (Å²) in [7, 11) is 0. The van der Waals surface area contributed by atoms with Crippen LogP contribution in [0.3, 0.4) is 0 Å². The molecule has 0 aromatic heterocycles. The van der Waals surface area contributed by atoms with Crippen LogP contribution in [0, 0.1) is 0 Å². The average molecular weight is 685 g/mol. The van der Waals surface area contributed by atoms with Gasteiger partial charge in [-0.15, -0.1) is 0 Å². The maximum absolute atomic E-state index is 13.7. The number of carboxylic acid groups (broad SMARTS) is 1. The van der Waals surface area contributed by atoms with Gasteiger partial charge in [-0.2, -0.15) is 0 Å².